The summed E-state index contributed by atoms with van der Waals surface area (Å²) in [5.41, 5.74) is -0.00893. The number of methoxy groups -OCH3 is 1. The number of fused-ring (bicyclic) bond motifs is 1. The lowest BCUT2D eigenvalue weighted by atomic mass is 10.2. The summed E-state index contributed by atoms with van der Waals surface area (Å²) < 4.78 is 51.3. The van der Waals surface area contributed by atoms with E-state index in [0.717, 1.165) is 16.7 Å². The molecule has 1 N–H and O–H groups in total. The molecular weight excluding hydrogens is 425 g/mol. The SMILES string of the molecule is COc1ccccc1Oc1ccc(NC(=O)c2c(C)nc3ccc(C(F)(F)F)cn23)cn1. The summed E-state index contributed by atoms with van der Waals surface area (Å²) in [7, 11) is 1.52. The van der Waals surface area contributed by atoms with Gasteiger partial charge in [0.15, 0.2) is 11.5 Å². The molecular formula is C22H17F3N4O3. The fourth-order valence-corrected chi connectivity index (χ4v) is 3.12. The normalized spacial score (nSPS) is 11.4. The molecule has 1 aromatic carbocycles. The molecule has 0 fully saturated rings. The third-order valence-corrected chi connectivity index (χ3v) is 4.61. The zero-order chi connectivity index (χ0) is 22.9. The molecule has 0 spiro atoms. The molecule has 0 unspecified atom stereocenters. The molecule has 0 saturated heterocycles. The van der Waals surface area contributed by atoms with E-state index in [2.05, 4.69) is 15.3 Å². The number of amides is 1. The van der Waals surface area contributed by atoms with Crippen LogP contribution in [0.2, 0.25) is 0 Å². The minimum atomic E-state index is -4.54. The van der Waals surface area contributed by atoms with Gasteiger partial charge in [0.25, 0.3) is 5.91 Å². The van der Waals surface area contributed by atoms with E-state index in [1.807, 2.05) is 0 Å². The maximum atomic E-state index is 13.1. The van der Waals surface area contributed by atoms with Crippen molar-refractivity contribution in [2.75, 3.05) is 12.4 Å². The molecule has 0 bridgehead atoms. The van der Waals surface area contributed by atoms with Gasteiger partial charge in [-0.15, -0.1) is 0 Å². The molecule has 4 aromatic rings. The number of carbonyl (C=O) groups excluding carboxylic acids is 1. The second kappa shape index (κ2) is 8.22. The number of nitrogens with one attached hydrogen (secondary N) is 1. The first kappa shape index (κ1) is 21.2. The van der Waals surface area contributed by atoms with Gasteiger partial charge < -0.3 is 14.8 Å². The number of alkyl halides is 3. The van der Waals surface area contributed by atoms with Crippen LogP contribution in [0.3, 0.4) is 0 Å². The van der Waals surface area contributed by atoms with E-state index >= 15 is 0 Å². The Morgan fingerprint density at radius 1 is 1.06 bits per heavy atom. The average molecular weight is 442 g/mol. The lowest BCUT2D eigenvalue weighted by molar-refractivity contribution is -0.137. The van der Waals surface area contributed by atoms with Crippen LogP contribution in [0.15, 0.2) is 60.9 Å². The van der Waals surface area contributed by atoms with E-state index in [1.165, 1.54) is 19.4 Å². The van der Waals surface area contributed by atoms with Gasteiger partial charge in [-0.3, -0.25) is 9.20 Å². The second-order valence-electron chi connectivity index (χ2n) is 6.78. The largest absolute Gasteiger partial charge is 0.493 e. The quantitative estimate of drug-likeness (QED) is 0.465. The zero-order valence-electron chi connectivity index (χ0n) is 17.0. The Morgan fingerprint density at radius 2 is 1.81 bits per heavy atom. The number of carbonyl (C=O) groups is 1. The molecule has 1 amide bonds. The molecule has 0 aliphatic heterocycles. The average Bonchev–Trinajstić information content (AvgIpc) is 3.10. The summed E-state index contributed by atoms with van der Waals surface area (Å²) in [6.07, 6.45) is -2.31. The van der Waals surface area contributed by atoms with Gasteiger partial charge in [-0.05, 0) is 37.3 Å². The molecule has 0 aliphatic rings. The predicted octanol–water partition coefficient (Wildman–Crippen LogP) is 5.11. The van der Waals surface area contributed by atoms with Crippen molar-refractivity contribution in [1.82, 2.24) is 14.4 Å². The van der Waals surface area contributed by atoms with Crippen LogP contribution in [0.25, 0.3) is 5.65 Å². The van der Waals surface area contributed by atoms with Crippen molar-refractivity contribution in [3.05, 3.63) is 77.9 Å². The lowest BCUT2D eigenvalue weighted by Crippen LogP contribution is -2.16. The summed E-state index contributed by atoms with van der Waals surface area (Å²) in [4.78, 5) is 21.1. The Morgan fingerprint density at radius 3 is 2.47 bits per heavy atom. The number of aryl methyl sites for hydroxylation is 1. The van der Waals surface area contributed by atoms with E-state index in [4.69, 9.17) is 9.47 Å². The van der Waals surface area contributed by atoms with Gasteiger partial charge in [0.05, 0.1) is 30.3 Å². The van der Waals surface area contributed by atoms with Crippen LogP contribution in [-0.2, 0) is 6.18 Å². The first-order valence-electron chi connectivity index (χ1n) is 9.40. The van der Waals surface area contributed by atoms with Gasteiger partial charge in [0.1, 0.15) is 11.3 Å². The number of rotatable bonds is 5. The fourth-order valence-electron chi connectivity index (χ4n) is 3.12. The number of hydrogen-bond acceptors (Lipinski definition) is 5. The molecule has 0 saturated carbocycles. The van der Waals surface area contributed by atoms with E-state index in [-0.39, 0.29) is 17.2 Å². The number of ether oxygens (including phenoxy) is 2. The van der Waals surface area contributed by atoms with Crippen LogP contribution < -0.4 is 14.8 Å². The van der Waals surface area contributed by atoms with Gasteiger partial charge in [-0.2, -0.15) is 13.2 Å². The molecule has 7 nitrogen and oxygen atoms in total. The molecule has 3 heterocycles. The highest BCUT2D eigenvalue weighted by molar-refractivity contribution is 6.04. The molecule has 0 atom stereocenters. The Labute approximate surface area is 180 Å². The van der Waals surface area contributed by atoms with Crippen molar-refractivity contribution >= 4 is 17.2 Å². The Kier molecular flexibility index (Phi) is 5.43. The number of para-hydroxylation sites is 2. The first-order chi connectivity index (χ1) is 15.3. The second-order valence-corrected chi connectivity index (χ2v) is 6.78. The fraction of sp³-hybridized carbons (Fsp3) is 0.136. The smallest absolute Gasteiger partial charge is 0.417 e. The number of benzene rings is 1. The summed E-state index contributed by atoms with van der Waals surface area (Å²) in [6.45, 7) is 1.55. The number of anilines is 1. The summed E-state index contributed by atoms with van der Waals surface area (Å²) in [6, 6.07) is 12.3. The monoisotopic (exact) mass is 442 g/mol. The third-order valence-electron chi connectivity index (χ3n) is 4.61. The maximum Gasteiger partial charge on any atom is 0.417 e. The Hall–Kier alpha value is -4.08. The van der Waals surface area contributed by atoms with E-state index in [1.54, 1.807) is 43.3 Å². The number of halogens is 3. The van der Waals surface area contributed by atoms with Crippen LogP contribution in [0.1, 0.15) is 21.7 Å². The Bertz CT molecular complexity index is 1280. The first-order valence-corrected chi connectivity index (χ1v) is 9.40. The minimum absolute atomic E-state index is 0.000415. The summed E-state index contributed by atoms with van der Waals surface area (Å²) in [5, 5.41) is 2.63. The third kappa shape index (κ3) is 4.20. The standard InChI is InChI=1S/C22H17F3N4O3/c1-13-20(29-12-14(22(23,24)25)7-9-18(29)27-13)21(30)28-15-8-10-19(26-11-15)32-17-6-4-3-5-16(17)31-2/h3-12H,1-2H3,(H,28,30). The van der Waals surface area contributed by atoms with Crippen molar-refractivity contribution in [1.29, 1.82) is 0 Å². The highest BCUT2D eigenvalue weighted by atomic mass is 19.4. The molecule has 32 heavy (non-hydrogen) atoms. The number of imidazole rings is 1. The summed E-state index contributed by atoms with van der Waals surface area (Å²) >= 11 is 0. The van der Waals surface area contributed by atoms with Gasteiger partial charge in [0, 0.05) is 12.3 Å². The highest BCUT2D eigenvalue weighted by Gasteiger charge is 2.31. The van der Waals surface area contributed by atoms with Crippen molar-refractivity contribution in [3.63, 3.8) is 0 Å². The molecule has 0 aliphatic carbocycles. The molecule has 164 valence electrons. The Balaban J connectivity index is 1.55. The van der Waals surface area contributed by atoms with Gasteiger partial charge in [0.2, 0.25) is 5.88 Å². The van der Waals surface area contributed by atoms with E-state index < -0.39 is 17.6 Å². The van der Waals surface area contributed by atoms with Crippen molar-refractivity contribution in [2.45, 2.75) is 13.1 Å². The van der Waals surface area contributed by atoms with Crippen molar-refractivity contribution < 1.29 is 27.4 Å². The molecule has 4 rings (SSSR count). The van der Waals surface area contributed by atoms with Gasteiger partial charge >= 0.3 is 6.18 Å². The lowest BCUT2D eigenvalue weighted by Gasteiger charge is -2.10. The maximum absolute atomic E-state index is 13.1. The van der Waals surface area contributed by atoms with Gasteiger partial charge in [-0.25, -0.2) is 9.97 Å². The van der Waals surface area contributed by atoms with Crippen LogP contribution in [0.4, 0.5) is 18.9 Å². The molecule has 0 radical (unpaired) electrons. The van der Waals surface area contributed by atoms with Crippen molar-refractivity contribution in [3.8, 4) is 17.4 Å². The predicted molar refractivity (Wildman–Crippen MR) is 110 cm³/mol. The summed E-state index contributed by atoms with van der Waals surface area (Å²) in [5.74, 6) is 0.664. The van der Waals surface area contributed by atoms with Crippen LogP contribution >= 0.6 is 0 Å². The molecule has 3 aromatic heterocycles. The number of hydrogen-bond donors (Lipinski definition) is 1. The number of pyridine rings is 2. The number of nitrogens with zero attached hydrogens (tertiary/aromatic N) is 3. The topological polar surface area (TPSA) is 77.8 Å². The molecule has 10 heteroatoms. The van der Waals surface area contributed by atoms with Crippen LogP contribution in [0.5, 0.6) is 17.4 Å². The number of aromatic nitrogens is 3. The highest BCUT2D eigenvalue weighted by Crippen LogP contribution is 2.31. The zero-order valence-corrected chi connectivity index (χ0v) is 17.0. The van der Waals surface area contributed by atoms with Crippen LogP contribution in [-0.4, -0.2) is 27.4 Å². The van der Waals surface area contributed by atoms with E-state index in [9.17, 15) is 18.0 Å². The van der Waals surface area contributed by atoms with Crippen LogP contribution in [0, 0.1) is 6.92 Å². The minimum Gasteiger partial charge on any atom is -0.493 e. The van der Waals surface area contributed by atoms with Crippen molar-refractivity contribution in [2.24, 2.45) is 0 Å². The van der Waals surface area contributed by atoms with E-state index in [0.29, 0.717) is 22.9 Å². The van der Waals surface area contributed by atoms with Gasteiger partial charge in [-0.1, -0.05) is 12.1 Å².